The number of carbonyl (C=O) groups excluding carboxylic acids is 2. The molecule has 0 radical (unpaired) electrons. The highest BCUT2D eigenvalue weighted by molar-refractivity contribution is 6.00. The van der Waals surface area contributed by atoms with Crippen molar-refractivity contribution in [3.05, 3.63) is 54.4 Å². The Morgan fingerprint density at radius 1 is 1.24 bits per heavy atom. The van der Waals surface area contributed by atoms with Gasteiger partial charge in [-0.1, -0.05) is 6.07 Å². The maximum absolute atomic E-state index is 12.9. The average molecular weight is 337 g/mol. The zero-order valence-electron chi connectivity index (χ0n) is 14.0. The van der Waals surface area contributed by atoms with Crippen LogP contribution in [0.2, 0.25) is 0 Å². The smallest absolute Gasteiger partial charge is 0.254 e. The number of rotatable bonds is 3. The fourth-order valence-electron chi connectivity index (χ4n) is 3.85. The number of likely N-dealkylation sites (tertiary alicyclic amines) is 1. The summed E-state index contributed by atoms with van der Waals surface area (Å²) in [4.78, 5) is 33.2. The van der Waals surface area contributed by atoms with E-state index >= 15 is 0 Å². The normalized spacial score (nSPS) is 22.2. The molecule has 3 heterocycles. The molecule has 128 valence electrons. The quantitative estimate of drug-likeness (QED) is 0.861. The van der Waals surface area contributed by atoms with E-state index in [-0.39, 0.29) is 23.9 Å². The van der Waals surface area contributed by atoms with E-state index in [0.717, 1.165) is 12.1 Å². The number of hydrogen-bond acceptors (Lipinski definition) is 4. The lowest BCUT2D eigenvalue weighted by molar-refractivity contribution is -0.117. The lowest BCUT2D eigenvalue weighted by Crippen LogP contribution is -2.40. The van der Waals surface area contributed by atoms with Gasteiger partial charge in [-0.3, -0.25) is 14.6 Å². The highest BCUT2D eigenvalue weighted by Crippen LogP contribution is 2.36. The van der Waals surface area contributed by atoms with Crippen molar-refractivity contribution in [2.45, 2.75) is 24.9 Å². The Labute approximate surface area is 146 Å². The molecule has 6 heteroatoms. The van der Waals surface area contributed by atoms with Gasteiger partial charge in [-0.25, -0.2) is 0 Å². The van der Waals surface area contributed by atoms with Crippen LogP contribution in [-0.2, 0) is 4.79 Å². The Morgan fingerprint density at radius 2 is 2.12 bits per heavy atom. The van der Waals surface area contributed by atoms with Gasteiger partial charge in [-0.15, -0.1) is 0 Å². The first-order valence-electron chi connectivity index (χ1n) is 8.36. The number of hydrogen-bond donors (Lipinski definition) is 0. The van der Waals surface area contributed by atoms with Gasteiger partial charge in [0.25, 0.3) is 5.91 Å². The van der Waals surface area contributed by atoms with Crippen LogP contribution in [0.25, 0.3) is 0 Å². The molecule has 2 amide bonds. The molecule has 2 aromatic rings. The summed E-state index contributed by atoms with van der Waals surface area (Å²) in [5.41, 5.74) is 1.39. The summed E-state index contributed by atoms with van der Waals surface area (Å²) in [6.45, 7) is 0.648. The minimum absolute atomic E-state index is 0.0197. The van der Waals surface area contributed by atoms with Crippen molar-refractivity contribution in [2.75, 3.05) is 18.6 Å². The molecular formula is C19H19N3O3. The summed E-state index contributed by atoms with van der Waals surface area (Å²) in [6.07, 6.45) is 4.53. The molecule has 25 heavy (non-hydrogen) atoms. The zero-order valence-corrected chi connectivity index (χ0v) is 14.0. The third-order valence-electron chi connectivity index (χ3n) is 5.00. The van der Waals surface area contributed by atoms with Crippen molar-refractivity contribution >= 4 is 17.5 Å². The van der Waals surface area contributed by atoms with Gasteiger partial charge in [0, 0.05) is 24.7 Å². The van der Waals surface area contributed by atoms with Gasteiger partial charge in [-0.2, -0.15) is 0 Å². The van der Waals surface area contributed by atoms with Crippen LogP contribution in [0.3, 0.4) is 0 Å². The van der Waals surface area contributed by atoms with E-state index in [1.165, 1.54) is 0 Å². The summed E-state index contributed by atoms with van der Waals surface area (Å²) < 4.78 is 5.21. The standard InChI is InChI=1S/C19H19N3O3/c1-25-15-6-2-4-13(10-15)19(24)21-9-7-16-17(21)11-18(23)22(16)14-5-3-8-20-12-14/h2-6,8,10,12,16-17H,7,9,11H2,1H3/t16-,17+/m0/s1. The Hall–Kier alpha value is -2.89. The number of pyridine rings is 1. The van der Waals surface area contributed by atoms with Crippen LogP contribution >= 0.6 is 0 Å². The highest BCUT2D eigenvalue weighted by atomic mass is 16.5. The molecular weight excluding hydrogens is 318 g/mol. The van der Waals surface area contributed by atoms with Gasteiger partial charge in [0.05, 0.1) is 31.1 Å². The lowest BCUT2D eigenvalue weighted by Gasteiger charge is -2.25. The number of amides is 2. The SMILES string of the molecule is COc1cccc(C(=O)N2CC[C@H]3[C@H]2CC(=O)N3c2cccnc2)c1. The van der Waals surface area contributed by atoms with Crippen molar-refractivity contribution in [3.8, 4) is 5.75 Å². The van der Waals surface area contributed by atoms with Crippen molar-refractivity contribution < 1.29 is 14.3 Å². The first kappa shape index (κ1) is 15.6. The minimum atomic E-state index is -0.0913. The number of nitrogens with zero attached hydrogens (tertiary/aromatic N) is 3. The predicted octanol–water partition coefficient (Wildman–Crippen LogP) is 2.11. The van der Waals surface area contributed by atoms with Crippen LogP contribution in [-0.4, -0.2) is 47.4 Å². The Morgan fingerprint density at radius 3 is 2.88 bits per heavy atom. The molecule has 0 spiro atoms. The van der Waals surface area contributed by atoms with E-state index in [1.54, 1.807) is 42.6 Å². The van der Waals surface area contributed by atoms with E-state index in [2.05, 4.69) is 4.98 Å². The third-order valence-corrected chi connectivity index (χ3v) is 5.00. The lowest BCUT2D eigenvalue weighted by atomic mass is 10.1. The molecule has 1 aromatic carbocycles. The summed E-state index contributed by atoms with van der Waals surface area (Å²) in [7, 11) is 1.58. The van der Waals surface area contributed by atoms with Gasteiger partial charge in [0.2, 0.25) is 5.91 Å². The molecule has 0 bridgehead atoms. The number of ether oxygens (including phenoxy) is 1. The topological polar surface area (TPSA) is 62.7 Å². The molecule has 2 fully saturated rings. The van der Waals surface area contributed by atoms with Crippen molar-refractivity contribution in [1.82, 2.24) is 9.88 Å². The van der Waals surface area contributed by atoms with E-state index in [9.17, 15) is 9.59 Å². The second-order valence-electron chi connectivity index (χ2n) is 6.33. The van der Waals surface area contributed by atoms with Crippen LogP contribution in [0.4, 0.5) is 5.69 Å². The summed E-state index contributed by atoms with van der Waals surface area (Å²) in [5, 5.41) is 0. The molecule has 0 saturated carbocycles. The molecule has 0 aliphatic carbocycles. The van der Waals surface area contributed by atoms with Crippen LogP contribution in [0.5, 0.6) is 5.75 Å². The van der Waals surface area contributed by atoms with Gasteiger partial charge in [0.1, 0.15) is 5.75 Å². The van der Waals surface area contributed by atoms with Gasteiger partial charge < -0.3 is 14.5 Å². The maximum atomic E-state index is 12.9. The van der Waals surface area contributed by atoms with Crippen LogP contribution in [0.1, 0.15) is 23.2 Å². The molecule has 0 N–H and O–H groups in total. The number of methoxy groups -OCH3 is 1. The second kappa shape index (κ2) is 6.20. The maximum Gasteiger partial charge on any atom is 0.254 e. The second-order valence-corrected chi connectivity index (χ2v) is 6.33. The number of benzene rings is 1. The molecule has 2 saturated heterocycles. The number of fused-ring (bicyclic) bond motifs is 1. The third kappa shape index (κ3) is 2.63. The van der Waals surface area contributed by atoms with Crippen molar-refractivity contribution in [3.63, 3.8) is 0 Å². The first-order valence-corrected chi connectivity index (χ1v) is 8.36. The molecule has 4 rings (SSSR count). The van der Waals surface area contributed by atoms with Gasteiger partial charge in [-0.05, 0) is 36.8 Å². The zero-order chi connectivity index (χ0) is 17.4. The summed E-state index contributed by atoms with van der Waals surface area (Å²) in [6, 6.07) is 10.8. The van der Waals surface area contributed by atoms with Gasteiger partial charge >= 0.3 is 0 Å². The predicted molar refractivity (Wildman–Crippen MR) is 92.6 cm³/mol. The molecule has 6 nitrogen and oxygen atoms in total. The summed E-state index contributed by atoms with van der Waals surface area (Å²) >= 11 is 0. The summed E-state index contributed by atoms with van der Waals surface area (Å²) in [5.74, 6) is 0.652. The van der Waals surface area contributed by atoms with E-state index in [1.807, 2.05) is 23.1 Å². The first-order chi connectivity index (χ1) is 12.2. The molecule has 2 aliphatic heterocycles. The van der Waals surface area contributed by atoms with Crippen LogP contribution in [0.15, 0.2) is 48.8 Å². The number of aromatic nitrogens is 1. The Kier molecular flexibility index (Phi) is 3.87. The average Bonchev–Trinajstić information content (AvgIpc) is 3.19. The molecule has 2 aliphatic rings. The van der Waals surface area contributed by atoms with Crippen LogP contribution < -0.4 is 9.64 Å². The highest BCUT2D eigenvalue weighted by Gasteiger charge is 2.49. The van der Waals surface area contributed by atoms with Crippen molar-refractivity contribution in [1.29, 1.82) is 0 Å². The largest absolute Gasteiger partial charge is 0.497 e. The molecule has 0 unspecified atom stereocenters. The fourth-order valence-corrected chi connectivity index (χ4v) is 3.85. The van der Waals surface area contributed by atoms with Crippen molar-refractivity contribution in [2.24, 2.45) is 0 Å². The van der Waals surface area contributed by atoms with E-state index < -0.39 is 0 Å². The minimum Gasteiger partial charge on any atom is -0.497 e. The fraction of sp³-hybridized carbons (Fsp3) is 0.316. The molecule has 2 atom stereocenters. The van der Waals surface area contributed by atoms with Gasteiger partial charge in [0.15, 0.2) is 0 Å². The molecule has 1 aromatic heterocycles. The monoisotopic (exact) mass is 337 g/mol. The Bertz CT molecular complexity index is 809. The van der Waals surface area contributed by atoms with Crippen LogP contribution in [0, 0.1) is 0 Å². The van der Waals surface area contributed by atoms with E-state index in [0.29, 0.717) is 24.3 Å². The Balaban J connectivity index is 1.59. The van der Waals surface area contributed by atoms with E-state index in [4.69, 9.17) is 4.74 Å². The number of carbonyl (C=O) groups is 2. The number of anilines is 1.